The zero-order valence-electron chi connectivity index (χ0n) is 11.8. The molecular weight excluding hydrogens is 273 g/mol. The van der Waals surface area contributed by atoms with E-state index in [0.717, 1.165) is 0 Å². The first-order valence-electron chi connectivity index (χ1n) is 6.92. The molecule has 0 aromatic heterocycles. The molecule has 0 radical (unpaired) electrons. The van der Waals surface area contributed by atoms with E-state index in [4.69, 9.17) is 0 Å². The average Bonchev–Trinajstić information content (AvgIpc) is 2.47. The van der Waals surface area contributed by atoms with Crippen molar-refractivity contribution in [2.75, 3.05) is 0 Å². The van der Waals surface area contributed by atoms with E-state index < -0.39 is 17.8 Å². The first-order chi connectivity index (χ1) is 9.99. The summed E-state index contributed by atoms with van der Waals surface area (Å²) in [7, 11) is 0. The summed E-state index contributed by atoms with van der Waals surface area (Å²) in [6, 6.07) is 5.64. The normalized spacial score (nSPS) is 22.6. The number of carboxylic acids is 1. The number of carboxylic acid groups (broad SMARTS) is 1. The maximum atomic E-state index is 13.2. The lowest BCUT2D eigenvalue weighted by Gasteiger charge is -2.26. The summed E-state index contributed by atoms with van der Waals surface area (Å²) < 4.78 is 13.2. The molecular formula is C16H18FNO3. The first kappa shape index (κ1) is 15.2. The van der Waals surface area contributed by atoms with E-state index in [0.29, 0.717) is 18.4 Å². The van der Waals surface area contributed by atoms with Gasteiger partial charge in [-0.2, -0.15) is 0 Å². The number of carbonyl (C=O) groups excluding carboxylic acids is 1. The Morgan fingerprint density at radius 2 is 1.95 bits per heavy atom. The Labute approximate surface area is 122 Å². The van der Waals surface area contributed by atoms with Gasteiger partial charge in [0.05, 0.1) is 17.9 Å². The van der Waals surface area contributed by atoms with Crippen LogP contribution in [0.5, 0.6) is 0 Å². The number of hydrogen-bond acceptors (Lipinski definition) is 2. The second-order valence-corrected chi connectivity index (χ2v) is 5.28. The number of carbonyl (C=O) groups is 2. The molecule has 2 unspecified atom stereocenters. The second kappa shape index (κ2) is 6.52. The SMILES string of the molecule is C[C@@H](NC(=O)C1CC=CCC1C(=O)O)c1cccc(F)c1. The largest absolute Gasteiger partial charge is 0.481 e. The fourth-order valence-electron chi connectivity index (χ4n) is 2.56. The van der Waals surface area contributed by atoms with Crippen molar-refractivity contribution in [3.63, 3.8) is 0 Å². The maximum Gasteiger partial charge on any atom is 0.307 e. The topological polar surface area (TPSA) is 66.4 Å². The summed E-state index contributed by atoms with van der Waals surface area (Å²) in [5.41, 5.74) is 0.654. The van der Waals surface area contributed by atoms with E-state index >= 15 is 0 Å². The van der Waals surface area contributed by atoms with Gasteiger partial charge in [0, 0.05) is 0 Å². The van der Waals surface area contributed by atoms with Gasteiger partial charge >= 0.3 is 5.97 Å². The van der Waals surface area contributed by atoms with E-state index in [2.05, 4.69) is 5.32 Å². The number of halogens is 1. The van der Waals surface area contributed by atoms with E-state index in [9.17, 15) is 19.1 Å². The fraction of sp³-hybridized carbons (Fsp3) is 0.375. The van der Waals surface area contributed by atoms with Crippen LogP contribution in [0.1, 0.15) is 31.4 Å². The highest BCUT2D eigenvalue weighted by Gasteiger charge is 2.34. The molecule has 3 atom stereocenters. The first-order valence-corrected chi connectivity index (χ1v) is 6.92. The van der Waals surface area contributed by atoms with Crippen LogP contribution in [0.25, 0.3) is 0 Å². The number of aliphatic carboxylic acids is 1. The molecule has 2 N–H and O–H groups in total. The summed E-state index contributed by atoms with van der Waals surface area (Å²) in [5, 5.41) is 12.0. The predicted molar refractivity (Wildman–Crippen MR) is 75.9 cm³/mol. The Bertz CT molecular complexity index is 570. The number of benzene rings is 1. The number of amides is 1. The lowest BCUT2D eigenvalue weighted by molar-refractivity contribution is -0.147. The molecule has 1 aromatic rings. The number of rotatable bonds is 4. The molecule has 21 heavy (non-hydrogen) atoms. The average molecular weight is 291 g/mol. The predicted octanol–water partition coefficient (Wildman–Crippen LogP) is 2.67. The number of allylic oxidation sites excluding steroid dienone is 2. The van der Waals surface area contributed by atoms with Crippen LogP contribution in [-0.2, 0) is 9.59 Å². The Kier molecular flexibility index (Phi) is 4.73. The zero-order valence-corrected chi connectivity index (χ0v) is 11.8. The zero-order chi connectivity index (χ0) is 15.4. The molecule has 0 aliphatic heterocycles. The minimum Gasteiger partial charge on any atom is -0.481 e. The standard InChI is InChI=1S/C16H18FNO3/c1-10(11-5-4-6-12(17)9-11)18-15(19)13-7-2-3-8-14(13)16(20)21/h2-6,9-10,13-14H,7-8H2,1H3,(H,18,19)(H,20,21)/t10-,13?,14?/m1/s1. The molecule has 1 aliphatic carbocycles. The van der Waals surface area contributed by atoms with Crippen LogP contribution in [0, 0.1) is 17.7 Å². The minimum absolute atomic E-state index is 0.302. The van der Waals surface area contributed by atoms with E-state index in [1.165, 1.54) is 12.1 Å². The van der Waals surface area contributed by atoms with Crippen LogP contribution < -0.4 is 5.32 Å². The van der Waals surface area contributed by atoms with Gasteiger partial charge in [-0.1, -0.05) is 24.3 Å². The fourth-order valence-corrected chi connectivity index (χ4v) is 2.56. The van der Waals surface area contributed by atoms with Crippen LogP contribution in [0.4, 0.5) is 4.39 Å². The van der Waals surface area contributed by atoms with Crippen molar-refractivity contribution in [1.82, 2.24) is 5.32 Å². The Morgan fingerprint density at radius 3 is 2.57 bits per heavy atom. The summed E-state index contributed by atoms with van der Waals surface area (Å²) in [6.07, 6.45) is 4.40. The molecule has 2 rings (SSSR count). The molecule has 0 saturated heterocycles. The van der Waals surface area contributed by atoms with Crippen LogP contribution in [0.2, 0.25) is 0 Å². The van der Waals surface area contributed by atoms with Crippen molar-refractivity contribution in [1.29, 1.82) is 0 Å². The highest BCUT2D eigenvalue weighted by molar-refractivity contribution is 5.85. The second-order valence-electron chi connectivity index (χ2n) is 5.28. The van der Waals surface area contributed by atoms with Crippen molar-refractivity contribution in [2.45, 2.75) is 25.8 Å². The van der Waals surface area contributed by atoms with Crippen molar-refractivity contribution in [2.24, 2.45) is 11.8 Å². The van der Waals surface area contributed by atoms with Gasteiger partial charge in [0.2, 0.25) is 5.91 Å². The van der Waals surface area contributed by atoms with Crippen LogP contribution in [-0.4, -0.2) is 17.0 Å². The molecule has 1 aliphatic rings. The molecule has 112 valence electrons. The van der Waals surface area contributed by atoms with Crippen molar-refractivity contribution in [3.8, 4) is 0 Å². The molecule has 0 heterocycles. The molecule has 1 aromatic carbocycles. The summed E-state index contributed by atoms with van der Waals surface area (Å²) >= 11 is 0. The van der Waals surface area contributed by atoms with Gasteiger partial charge in [-0.3, -0.25) is 9.59 Å². The lowest BCUT2D eigenvalue weighted by atomic mass is 9.82. The van der Waals surface area contributed by atoms with Crippen molar-refractivity contribution >= 4 is 11.9 Å². The Morgan fingerprint density at radius 1 is 1.29 bits per heavy atom. The number of hydrogen-bond donors (Lipinski definition) is 2. The molecule has 1 amide bonds. The third-order valence-corrected chi connectivity index (χ3v) is 3.79. The van der Waals surface area contributed by atoms with Crippen LogP contribution in [0.15, 0.2) is 36.4 Å². The maximum absolute atomic E-state index is 13.2. The summed E-state index contributed by atoms with van der Waals surface area (Å²) in [4.78, 5) is 23.5. The Hall–Kier alpha value is -2.17. The van der Waals surface area contributed by atoms with Crippen LogP contribution in [0.3, 0.4) is 0 Å². The van der Waals surface area contributed by atoms with Gasteiger partial charge in [0.25, 0.3) is 0 Å². The van der Waals surface area contributed by atoms with E-state index in [-0.39, 0.29) is 17.8 Å². The highest BCUT2D eigenvalue weighted by Crippen LogP contribution is 2.27. The minimum atomic E-state index is -0.960. The van der Waals surface area contributed by atoms with E-state index in [1.807, 2.05) is 6.08 Å². The Balaban J connectivity index is 2.06. The molecule has 0 fully saturated rings. The molecule has 0 spiro atoms. The van der Waals surface area contributed by atoms with Gasteiger partial charge in [-0.25, -0.2) is 4.39 Å². The number of nitrogens with one attached hydrogen (secondary N) is 1. The third kappa shape index (κ3) is 3.68. The van der Waals surface area contributed by atoms with E-state index in [1.54, 1.807) is 25.1 Å². The van der Waals surface area contributed by atoms with Crippen molar-refractivity contribution in [3.05, 3.63) is 47.8 Å². The molecule has 5 heteroatoms. The van der Waals surface area contributed by atoms with Gasteiger partial charge in [0.15, 0.2) is 0 Å². The van der Waals surface area contributed by atoms with Gasteiger partial charge in [0.1, 0.15) is 5.82 Å². The molecule has 0 bridgehead atoms. The summed E-state index contributed by atoms with van der Waals surface area (Å²) in [6.45, 7) is 1.75. The van der Waals surface area contributed by atoms with Crippen LogP contribution >= 0.6 is 0 Å². The van der Waals surface area contributed by atoms with Gasteiger partial charge < -0.3 is 10.4 Å². The van der Waals surface area contributed by atoms with Gasteiger partial charge in [-0.15, -0.1) is 0 Å². The lowest BCUT2D eigenvalue weighted by Crippen LogP contribution is -2.39. The van der Waals surface area contributed by atoms with Crippen molar-refractivity contribution < 1.29 is 19.1 Å². The molecule has 0 saturated carbocycles. The quantitative estimate of drug-likeness (QED) is 0.838. The summed E-state index contributed by atoms with van der Waals surface area (Å²) in [5.74, 6) is -2.91. The highest BCUT2D eigenvalue weighted by atomic mass is 19.1. The van der Waals surface area contributed by atoms with Gasteiger partial charge in [-0.05, 0) is 37.5 Å². The molecule has 4 nitrogen and oxygen atoms in total. The third-order valence-electron chi connectivity index (χ3n) is 3.79. The monoisotopic (exact) mass is 291 g/mol. The smallest absolute Gasteiger partial charge is 0.307 e.